The van der Waals surface area contributed by atoms with Gasteiger partial charge in [-0.25, -0.2) is 0 Å². The van der Waals surface area contributed by atoms with Crippen molar-refractivity contribution in [3.05, 3.63) is 69.9 Å². The van der Waals surface area contributed by atoms with Crippen LogP contribution in [0.2, 0.25) is 0 Å². The molecule has 0 saturated heterocycles. The van der Waals surface area contributed by atoms with Crippen molar-refractivity contribution < 1.29 is 9.90 Å². The molecule has 0 aromatic rings. The predicted octanol–water partition coefficient (Wildman–Crippen LogP) is 11.1. The zero-order valence-electron chi connectivity index (χ0n) is 23.3. The van der Waals surface area contributed by atoms with Crippen LogP contribution in [0.15, 0.2) is 69.9 Å². The average Bonchev–Trinajstić information content (AvgIpc) is 2.75. The topological polar surface area (TPSA) is 37.3 Å². The minimum absolute atomic E-state index is 0. The third kappa shape index (κ3) is 24.8. The molecule has 0 rings (SSSR count). The molecular weight excluding hydrogens is 428 g/mol. The summed E-state index contributed by atoms with van der Waals surface area (Å²) < 4.78 is 0. The number of rotatable bonds is 18. The Labute approximate surface area is 218 Å². The molecule has 0 saturated carbocycles. The summed E-state index contributed by atoms with van der Waals surface area (Å²) >= 11 is 0. The molecule has 0 radical (unpaired) electrons. The van der Waals surface area contributed by atoms with E-state index in [0.717, 1.165) is 51.4 Å². The van der Waals surface area contributed by atoms with Gasteiger partial charge < -0.3 is 5.11 Å². The highest BCUT2D eigenvalue weighted by atomic mass is 16.4. The molecule has 0 fully saturated rings. The number of unbranched alkanes of at least 4 members (excludes halogenated alkanes) is 1. The van der Waals surface area contributed by atoms with Gasteiger partial charge in [0.2, 0.25) is 0 Å². The first-order valence-electron chi connectivity index (χ1n) is 13.2. The summed E-state index contributed by atoms with van der Waals surface area (Å²) in [7, 11) is 0. The molecule has 2 heteroatoms. The van der Waals surface area contributed by atoms with Gasteiger partial charge in [0.05, 0.1) is 0 Å². The maximum Gasteiger partial charge on any atom is 0.303 e. The van der Waals surface area contributed by atoms with E-state index in [0.29, 0.717) is 6.42 Å². The van der Waals surface area contributed by atoms with Gasteiger partial charge in [-0.1, -0.05) is 77.3 Å². The fraction of sp³-hybridized carbons (Fsp3) is 0.606. The van der Waals surface area contributed by atoms with Gasteiger partial charge in [0.25, 0.3) is 0 Å². The minimum atomic E-state index is -0.720. The van der Waals surface area contributed by atoms with Crippen LogP contribution in [0, 0.1) is 0 Å². The van der Waals surface area contributed by atoms with E-state index in [9.17, 15) is 4.79 Å². The first-order chi connectivity index (χ1) is 16.1. The Bertz CT molecular complexity index is 765. The molecule has 0 unspecified atom stereocenters. The lowest BCUT2D eigenvalue weighted by Gasteiger charge is -2.03. The third-order valence-electron chi connectivity index (χ3n) is 6.07. The number of allylic oxidation sites excluding steroid dienone is 12. The monoisotopic (exact) mass is 484 g/mol. The van der Waals surface area contributed by atoms with Crippen molar-refractivity contribution in [3.63, 3.8) is 0 Å². The van der Waals surface area contributed by atoms with Gasteiger partial charge in [-0.15, -0.1) is 0 Å². The summed E-state index contributed by atoms with van der Waals surface area (Å²) in [6, 6.07) is 0. The Kier molecular flexibility index (Phi) is 22.4. The van der Waals surface area contributed by atoms with E-state index in [1.165, 1.54) is 46.3 Å². The molecule has 2 nitrogen and oxygen atoms in total. The van der Waals surface area contributed by atoms with Crippen molar-refractivity contribution in [1.29, 1.82) is 0 Å². The van der Waals surface area contributed by atoms with Gasteiger partial charge in [0, 0.05) is 6.42 Å². The molecule has 200 valence electrons. The van der Waals surface area contributed by atoms with Gasteiger partial charge in [-0.3, -0.25) is 4.79 Å². The molecule has 0 aromatic heterocycles. The second-order valence-electron chi connectivity index (χ2n) is 10.2. The number of carboxylic acid groups (broad SMARTS) is 1. The zero-order valence-corrected chi connectivity index (χ0v) is 23.3. The van der Waals surface area contributed by atoms with Gasteiger partial charge in [0.15, 0.2) is 0 Å². The van der Waals surface area contributed by atoms with Crippen LogP contribution in [-0.2, 0) is 4.79 Å². The van der Waals surface area contributed by atoms with Crippen molar-refractivity contribution in [1.82, 2.24) is 0 Å². The van der Waals surface area contributed by atoms with E-state index in [2.05, 4.69) is 78.0 Å². The SMILES string of the molecule is C.CC(C)=CCCC(C)=CCCC(C)=CCCC=C(C)CCC=C(C)CCC=C(C)CCC(=O)O. The molecule has 0 aromatic carbocycles. The lowest BCUT2D eigenvalue weighted by Crippen LogP contribution is -1.94. The number of aliphatic carboxylic acids is 1. The van der Waals surface area contributed by atoms with Gasteiger partial charge in [-0.2, -0.15) is 0 Å². The molecule has 0 bridgehead atoms. The Morgan fingerprint density at radius 3 is 1.06 bits per heavy atom. The summed E-state index contributed by atoms with van der Waals surface area (Å²) in [5, 5.41) is 8.74. The maximum absolute atomic E-state index is 10.6. The normalized spacial score (nSPS) is 13.5. The average molecular weight is 485 g/mol. The van der Waals surface area contributed by atoms with Gasteiger partial charge in [0.1, 0.15) is 0 Å². The van der Waals surface area contributed by atoms with Gasteiger partial charge >= 0.3 is 5.97 Å². The lowest BCUT2D eigenvalue weighted by molar-refractivity contribution is -0.136. The summed E-state index contributed by atoms with van der Waals surface area (Å²) in [4.78, 5) is 10.6. The Morgan fingerprint density at radius 2 is 0.743 bits per heavy atom. The fourth-order valence-corrected chi connectivity index (χ4v) is 3.70. The quantitative estimate of drug-likeness (QED) is 0.155. The largest absolute Gasteiger partial charge is 0.481 e. The highest BCUT2D eigenvalue weighted by molar-refractivity contribution is 5.66. The molecule has 0 atom stereocenters. The van der Waals surface area contributed by atoms with E-state index in [1.807, 2.05) is 6.92 Å². The van der Waals surface area contributed by atoms with E-state index < -0.39 is 5.97 Å². The molecule has 0 aliphatic heterocycles. The summed E-state index contributed by atoms with van der Waals surface area (Å²) in [5.74, 6) is -0.720. The van der Waals surface area contributed by atoms with Crippen LogP contribution >= 0.6 is 0 Å². The Morgan fingerprint density at radius 1 is 0.457 bits per heavy atom. The number of carboxylic acids is 1. The van der Waals surface area contributed by atoms with E-state index in [1.54, 1.807) is 0 Å². The molecule has 0 heterocycles. The smallest absolute Gasteiger partial charge is 0.303 e. The summed E-state index contributed by atoms with van der Waals surface area (Å²) in [6.07, 6.45) is 26.2. The third-order valence-corrected chi connectivity index (χ3v) is 6.07. The van der Waals surface area contributed by atoms with Crippen LogP contribution < -0.4 is 0 Å². The molecule has 1 N–H and O–H groups in total. The van der Waals surface area contributed by atoms with Crippen molar-refractivity contribution in [2.45, 2.75) is 133 Å². The standard InChI is InChI=1S/C32H52O2.CH4/c1-26(2)14-10-17-29(5)20-11-18-27(3)15-8-9-16-28(4)19-12-21-30(6)22-13-23-31(7)24-25-32(33)34;/h14-16,20-21,23H,8-13,17-19,22,24-25H2,1-7H3,(H,33,34);1H4. The van der Waals surface area contributed by atoms with Crippen LogP contribution in [0.5, 0.6) is 0 Å². The van der Waals surface area contributed by atoms with Crippen LogP contribution in [0.3, 0.4) is 0 Å². The van der Waals surface area contributed by atoms with Gasteiger partial charge in [-0.05, 0) is 119 Å². The molecule has 0 amide bonds. The van der Waals surface area contributed by atoms with Crippen molar-refractivity contribution in [3.8, 4) is 0 Å². The minimum Gasteiger partial charge on any atom is -0.481 e. The zero-order chi connectivity index (χ0) is 25.8. The van der Waals surface area contributed by atoms with Crippen molar-refractivity contribution >= 4 is 5.97 Å². The molecule has 0 aliphatic carbocycles. The molecular formula is C33H56O2. The maximum atomic E-state index is 10.6. The van der Waals surface area contributed by atoms with Crippen molar-refractivity contribution in [2.24, 2.45) is 0 Å². The highest BCUT2D eigenvalue weighted by Crippen LogP contribution is 2.15. The first-order valence-corrected chi connectivity index (χ1v) is 13.2. The van der Waals surface area contributed by atoms with E-state index >= 15 is 0 Å². The predicted molar refractivity (Wildman–Crippen MR) is 158 cm³/mol. The lowest BCUT2D eigenvalue weighted by atomic mass is 10.0. The first kappa shape index (κ1) is 35.1. The van der Waals surface area contributed by atoms with Crippen LogP contribution in [0.25, 0.3) is 0 Å². The molecule has 0 aliphatic rings. The van der Waals surface area contributed by atoms with Crippen LogP contribution in [0.1, 0.15) is 133 Å². The van der Waals surface area contributed by atoms with Crippen LogP contribution in [-0.4, -0.2) is 11.1 Å². The fourth-order valence-electron chi connectivity index (χ4n) is 3.70. The summed E-state index contributed by atoms with van der Waals surface area (Å²) in [5.41, 5.74) is 8.51. The summed E-state index contributed by atoms with van der Waals surface area (Å²) in [6.45, 7) is 15.3. The Hall–Kier alpha value is -2.09. The molecule has 0 spiro atoms. The highest BCUT2D eigenvalue weighted by Gasteiger charge is 1.98. The number of carbonyl (C=O) groups is 1. The Balaban J connectivity index is 0. The van der Waals surface area contributed by atoms with Crippen molar-refractivity contribution in [2.75, 3.05) is 0 Å². The molecule has 35 heavy (non-hydrogen) atoms. The van der Waals surface area contributed by atoms with E-state index in [-0.39, 0.29) is 13.8 Å². The van der Waals surface area contributed by atoms with Crippen LogP contribution in [0.4, 0.5) is 0 Å². The number of hydrogen-bond donors (Lipinski definition) is 1. The second-order valence-corrected chi connectivity index (χ2v) is 10.2. The van der Waals surface area contributed by atoms with E-state index in [4.69, 9.17) is 5.11 Å². The second kappa shape index (κ2) is 22.4. The number of hydrogen-bond acceptors (Lipinski definition) is 1.